The predicted molar refractivity (Wildman–Crippen MR) is 160 cm³/mol. The van der Waals surface area contributed by atoms with Crippen LogP contribution in [0.15, 0.2) is 41.5 Å². The Morgan fingerprint density at radius 2 is 1.65 bits per heavy atom. The molecule has 46 heavy (non-hydrogen) atoms. The number of aliphatic hydroxyl groups excluding tert-OH is 2. The van der Waals surface area contributed by atoms with E-state index in [1.807, 2.05) is 0 Å². The van der Waals surface area contributed by atoms with Gasteiger partial charge in [-0.2, -0.15) is 0 Å². The van der Waals surface area contributed by atoms with E-state index in [2.05, 4.69) is 0 Å². The Hall–Kier alpha value is -3.32. The minimum Gasteiger partial charge on any atom is -0.455 e. The number of carbonyl (C=O) groups excluding carboxylic acids is 4. The number of ketones is 1. The maximum atomic E-state index is 14.9. The highest BCUT2D eigenvalue weighted by Crippen LogP contribution is 2.64. The second kappa shape index (κ2) is 11.1. The smallest absolute Gasteiger partial charge is 0.455 e. The zero-order valence-corrected chi connectivity index (χ0v) is 27.5. The molecule has 1 aromatic carbocycles. The van der Waals surface area contributed by atoms with Gasteiger partial charge in [0, 0.05) is 25.2 Å². The Balaban J connectivity index is 1.80. The minimum absolute atomic E-state index is 0.0590. The summed E-state index contributed by atoms with van der Waals surface area (Å²) in [6, 6.07) is 8.02. The van der Waals surface area contributed by atoms with Crippen LogP contribution < -0.4 is 0 Å². The van der Waals surface area contributed by atoms with Gasteiger partial charge in [0.2, 0.25) is 0 Å². The zero-order valence-electron chi connectivity index (χ0n) is 27.5. The highest BCUT2D eigenvalue weighted by atomic mass is 16.7. The SMILES string of the molecule is CC(=O)O[C@@]12CO[C@@H]1C[C@H](OC(=O)OC(C)(C)C)[C@@]1(C)C(=O)[C@H](O)C3=C(C)[C@@H](O)C[C@@](O)([C@@H](OC(=O)c4ccccc4)[C@H]21)C3(C)C. The van der Waals surface area contributed by atoms with Gasteiger partial charge in [-0.3, -0.25) is 9.59 Å². The van der Waals surface area contributed by atoms with Crippen molar-refractivity contribution in [2.45, 2.75) is 116 Å². The van der Waals surface area contributed by atoms with Crippen molar-refractivity contribution in [1.29, 1.82) is 0 Å². The van der Waals surface area contributed by atoms with Crippen molar-refractivity contribution >= 4 is 23.9 Å². The number of hydrogen-bond donors (Lipinski definition) is 3. The fraction of sp³-hybridized carbons (Fsp3) is 0.647. The molecular weight excluding hydrogens is 600 g/mol. The summed E-state index contributed by atoms with van der Waals surface area (Å²) in [5.74, 6) is -3.84. The lowest BCUT2D eigenvalue weighted by Crippen LogP contribution is -2.82. The first-order chi connectivity index (χ1) is 21.2. The van der Waals surface area contributed by atoms with Gasteiger partial charge < -0.3 is 39.0 Å². The molecule has 1 saturated heterocycles. The van der Waals surface area contributed by atoms with Crippen LogP contribution in [0, 0.1) is 16.7 Å². The Bertz CT molecular complexity index is 1460. The molecule has 4 aliphatic rings. The Labute approximate surface area is 268 Å². The number of aliphatic hydroxyl groups is 3. The fourth-order valence-electron chi connectivity index (χ4n) is 8.20. The lowest BCUT2D eigenvalue weighted by molar-refractivity contribution is -0.346. The molecule has 0 radical (unpaired) electrons. The van der Waals surface area contributed by atoms with Crippen molar-refractivity contribution in [2.75, 3.05) is 6.61 Å². The molecule has 3 fully saturated rings. The van der Waals surface area contributed by atoms with Gasteiger partial charge in [0.1, 0.15) is 35.6 Å². The Kier molecular flexibility index (Phi) is 8.24. The van der Waals surface area contributed by atoms with E-state index in [9.17, 15) is 34.5 Å². The van der Waals surface area contributed by atoms with Crippen molar-refractivity contribution in [3.8, 4) is 0 Å². The molecule has 252 valence electrons. The van der Waals surface area contributed by atoms with E-state index >= 15 is 0 Å². The lowest BCUT2D eigenvalue weighted by Gasteiger charge is -2.67. The molecule has 1 aromatic rings. The quantitative estimate of drug-likeness (QED) is 0.249. The molecule has 12 nitrogen and oxygen atoms in total. The van der Waals surface area contributed by atoms with Crippen molar-refractivity contribution in [3.05, 3.63) is 47.0 Å². The maximum Gasteiger partial charge on any atom is 0.509 e. The molecule has 5 rings (SSSR count). The third-order valence-electron chi connectivity index (χ3n) is 10.5. The molecule has 3 aliphatic carbocycles. The number of Topliss-reactive ketones (excluding diaryl/α,β-unsaturated/α-hetero) is 1. The van der Waals surface area contributed by atoms with Crippen LogP contribution in [-0.2, 0) is 33.3 Å². The van der Waals surface area contributed by atoms with Gasteiger partial charge in [0.15, 0.2) is 11.4 Å². The molecular formula is C34H44O12. The van der Waals surface area contributed by atoms with Gasteiger partial charge in [-0.15, -0.1) is 0 Å². The standard InChI is InChI=1S/C34H44O12/c1-17-20(36)15-34(41)27(44-28(39)19-12-10-9-11-13-19)25-32(8,26(38)24(37)23(17)31(34,6)7)21(43-29(40)46-30(3,4)5)14-22-33(25,16-42-22)45-18(2)35/h9-13,20-22,24-25,27,36-37,41H,14-16H2,1-8H3/t20-,21-,22+,24+,25-,27-,32+,33-,34+/m0/s1. The number of esters is 2. The average molecular weight is 645 g/mol. The average Bonchev–Trinajstić information content (AvgIpc) is 2.94. The normalized spacial score (nSPS) is 38.2. The van der Waals surface area contributed by atoms with Crippen LogP contribution in [0.4, 0.5) is 4.79 Å². The number of benzene rings is 1. The number of hydrogen-bond acceptors (Lipinski definition) is 12. The van der Waals surface area contributed by atoms with Crippen LogP contribution in [0.25, 0.3) is 0 Å². The van der Waals surface area contributed by atoms with Crippen LogP contribution in [0.3, 0.4) is 0 Å². The minimum atomic E-state index is -2.15. The first-order valence-corrected chi connectivity index (χ1v) is 15.5. The summed E-state index contributed by atoms with van der Waals surface area (Å²) in [6.07, 6.45) is -8.76. The van der Waals surface area contributed by atoms with Gasteiger partial charge in [-0.05, 0) is 57.9 Å². The first-order valence-electron chi connectivity index (χ1n) is 15.5. The number of rotatable bonds is 4. The third kappa shape index (κ3) is 5.04. The first kappa shape index (κ1) is 34.0. The second-order valence-electron chi connectivity index (χ2n) is 14.7. The van der Waals surface area contributed by atoms with Crippen LogP contribution in [0.1, 0.15) is 78.6 Å². The van der Waals surface area contributed by atoms with Gasteiger partial charge >= 0.3 is 18.1 Å². The van der Waals surface area contributed by atoms with Crippen molar-refractivity contribution in [1.82, 2.24) is 0 Å². The van der Waals surface area contributed by atoms with Crippen molar-refractivity contribution in [3.63, 3.8) is 0 Å². The molecule has 0 amide bonds. The zero-order chi connectivity index (χ0) is 34.2. The van der Waals surface area contributed by atoms with E-state index in [1.165, 1.54) is 26.0 Å². The van der Waals surface area contributed by atoms with Crippen LogP contribution in [-0.4, -0.2) is 93.1 Å². The maximum absolute atomic E-state index is 14.9. The highest BCUT2D eigenvalue weighted by molar-refractivity contribution is 5.94. The molecule has 9 atom stereocenters. The van der Waals surface area contributed by atoms with E-state index in [-0.39, 0.29) is 36.2 Å². The fourth-order valence-corrected chi connectivity index (χ4v) is 8.20. The molecule has 2 bridgehead atoms. The molecule has 3 N–H and O–H groups in total. The van der Waals surface area contributed by atoms with E-state index in [1.54, 1.807) is 59.7 Å². The van der Waals surface area contributed by atoms with Crippen molar-refractivity contribution in [2.24, 2.45) is 16.7 Å². The van der Waals surface area contributed by atoms with E-state index in [4.69, 9.17) is 23.7 Å². The third-order valence-corrected chi connectivity index (χ3v) is 10.5. The summed E-state index contributed by atoms with van der Waals surface area (Å²) in [7, 11) is 0. The monoisotopic (exact) mass is 644 g/mol. The summed E-state index contributed by atoms with van der Waals surface area (Å²) in [4.78, 5) is 54.6. The summed E-state index contributed by atoms with van der Waals surface area (Å²) in [6.45, 7) is 12.1. The molecule has 0 unspecified atom stereocenters. The summed E-state index contributed by atoms with van der Waals surface area (Å²) in [5.41, 5.74) is -7.70. The molecule has 2 saturated carbocycles. The molecule has 0 aromatic heterocycles. The lowest BCUT2D eigenvalue weighted by atomic mass is 9.44. The summed E-state index contributed by atoms with van der Waals surface area (Å²) >= 11 is 0. The van der Waals surface area contributed by atoms with Crippen molar-refractivity contribution < 1.29 is 58.2 Å². The van der Waals surface area contributed by atoms with Crippen LogP contribution >= 0.6 is 0 Å². The number of carbonyl (C=O) groups is 4. The molecule has 1 aliphatic heterocycles. The molecule has 0 spiro atoms. The van der Waals surface area contributed by atoms with Gasteiger partial charge in [-0.1, -0.05) is 32.0 Å². The number of ether oxygens (including phenoxy) is 5. The molecule has 1 heterocycles. The van der Waals surface area contributed by atoms with Gasteiger partial charge in [-0.25, -0.2) is 9.59 Å². The Morgan fingerprint density at radius 3 is 2.20 bits per heavy atom. The van der Waals surface area contributed by atoms with E-state index in [0.29, 0.717) is 0 Å². The number of fused-ring (bicyclic) bond motifs is 5. The summed E-state index contributed by atoms with van der Waals surface area (Å²) in [5, 5.41) is 36.1. The Morgan fingerprint density at radius 1 is 1.02 bits per heavy atom. The van der Waals surface area contributed by atoms with Crippen LogP contribution in [0.2, 0.25) is 0 Å². The highest BCUT2D eigenvalue weighted by Gasteiger charge is 2.78. The van der Waals surface area contributed by atoms with E-state index in [0.717, 1.165) is 0 Å². The van der Waals surface area contributed by atoms with Crippen LogP contribution in [0.5, 0.6) is 0 Å². The topological polar surface area (TPSA) is 175 Å². The molecule has 12 heteroatoms. The largest absolute Gasteiger partial charge is 0.509 e. The van der Waals surface area contributed by atoms with Gasteiger partial charge in [0.25, 0.3) is 0 Å². The second-order valence-corrected chi connectivity index (χ2v) is 14.7. The predicted octanol–water partition coefficient (Wildman–Crippen LogP) is 3.04. The van der Waals surface area contributed by atoms with E-state index < -0.39 is 87.9 Å². The van der Waals surface area contributed by atoms with Gasteiger partial charge in [0.05, 0.1) is 29.6 Å². The summed E-state index contributed by atoms with van der Waals surface area (Å²) < 4.78 is 29.4.